The van der Waals surface area contributed by atoms with Crippen LogP contribution in [0.1, 0.15) is 11.1 Å². The van der Waals surface area contributed by atoms with Crippen molar-refractivity contribution in [1.29, 1.82) is 0 Å². The molecule has 1 N–H and O–H groups in total. The fourth-order valence-corrected chi connectivity index (χ4v) is 2.71. The minimum absolute atomic E-state index is 0.0849. The van der Waals surface area contributed by atoms with Crippen molar-refractivity contribution < 1.29 is 9.66 Å². The molecule has 0 atom stereocenters. The Morgan fingerprint density at radius 3 is 2.72 bits per heavy atom. The summed E-state index contributed by atoms with van der Waals surface area (Å²) >= 11 is 0. The maximum absolute atomic E-state index is 11.4. The van der Waals surface area contributed by atoms with Gasteiger partial charge >= 0.3 is 0 Å². The Labute approximate surface area is 146 Å². The summed E-state index contributed by atoms with van der Waals surface area (Å²) in [5.74, 6) is 0. The number of hydrogen-bond acceptors (Lipinski definition) is 6. The van der Waals surface area contributed by atoms with Gasteiger partial charge in [0.2, 0.25) is 0 Å². The molecule has 1 heterocycles. The van der Waals surface area contributed by atoms with Gasteiger partial charge in [0.15, 0.2) is 0 Å². The number of aryl methyl sites for hydroxylation is 1. The van der Waals surface area contributed by atoms with Crippen molar-refractivity contribution in [3.8, 4) is 0 Å². The zero-order chi connectivity index (χ0) is 17.6. The molecule has 0 amide bonds. The van der Waals surface area contributed by atoms with Crippen molar-refractivity contribution >= 4 is 23.3 Å². The summed E-state index contributed by atoms with van der Waals surface area (Å²) in [6.45, 7) is 4.47. The number of nitrogens with one attached hydrogen (secondary N) is 1. The topological polar surface area (TPSA) is 80.0 Å². The van der Waals surface area contributed by atoms with Crippen LogP contribution in [0.15, 0.2) is 47.6 Å². The van der Waals surface area contributed by atoms with E-state index in [0.29, 0.717) is 37.6 Å². The number of nitro groups is 1. The molecule has 0 bridgehead atoms. The van der Waals surface area contributed by atoms with Gasteiger partial charge in [-0.15, -0.1) is 0 Å². The van der Waals surface area contributed by atoms with E-state index in [9.17, 15) is 10.1 Å². The third-order valence-electron chi connectivity index (χ3n) is 4.09. The average Bonchev–Trinajstić information content (AvgIpc) is 2.64. The zero-order valence-corrected chi connectivity index (χ0v) is 14.0. The molecule has 1 aliphatic heterocycles. The lowest BCUT2D eigenvalue weighted by molar-refractivity contribution is -0.384. The number of morpholine rings is 1. The first kappa shape index (κ1) is 16.9. The van der Waals surface area contributed by atoms with Gasteiger partial charge in [0.1, 0.15) is 5.69 Å². The lowest BCUT2D eigenvalue weighted by Crippen LogP contribution is -2.36. The second-order valence-corrected chi connectivity index (χ2v) is 5.79. The lowest BCUT2D eigenvalue weighted by Gasteiger charge is -2.28. The maximum atomic E-state index is 11.4. The SMILES string of the molecule is Cc1ccccc1N/N=C\c1ccc(N2CCOCC2)c([N+](=O)[O-])c1. The zero-order valence-electron chi connectivity index (χ0n) is 14.0. The van der Waals surface area contributed by atoms with E-state index in [2.05, 4.69) is 10.5 Å². The van der Waals surface area contributed by atoms with Gasteiger partial charge in [-0.2, -0.15) is 5.10 Å². The molecule has 1 aliphatic rings. The summed E-state index contributed by atoms with van der Waals surface area (Å²) in [4.78, 5) is 13.1. The van der Waals surface area contributed by atoms with Crippen LogP contribution in [0.25, 0.3) is 0 Å². The number of nitro benzene ring substituents is 1. The van der Waals surface area contributed by atoms with Gasteiger partial charge in [-0.3, -0.25) is 15.5 Å². The molecule has 0 spiro atoms. The van der Waals surface area contributed by atoms with Crippen LogP contribution < -0.4 is 10.3 Å². The molecule has 0 aliphatic carbocycles. The van der Waals surface area contributed by atoms with E-state index >= 15 is 0 Å². The van der Waals surface area contributed by atoms with E-state index in [1.807, 2.05) is 42.2 Å². The molecule has 1 saturated heterocycles. The number of benzene rings is 2. The van der Waals surface area contributed by atoms with Gasteiger partial charge < -0.3 is 9.64 Å². The Bertz CT molecular complexity index is 786. The van der Waals surface area contributed by atoms with Crippen molar-refractivity contribution in [3.05, 3.63) is 63.7 Å². The fraction of sp³-hybridized carbons (Fsp3) is 0.278. The molecule has 0 aromatic heterocycles. The van der Waals surface area contributed by atoms with Crippen LogP contribution in [0, 0.1) is 17.0 Å². The van der Waals surface area contributed by atoms with E-state index in [0.717, 1.165) is 11.3 Å². The predicted molar refractivity (Wildman–Crippen MR) is 98.5 cm³/mol. The van der Waals surface area contributed by atoms with Crippen LogP contribution in [0.3, 0.4) is 0 Å². The second kappa shape index (κ2) is 7.76. The first-order valence-corrected chi connectivity index (χ1v) is 8.11. The van der Waals surface area contributed by atoms with Crippen LogP contribution in [0.2, 0.25) is 0 Å². The highest BCUT2D eigenvalue weighted by Crippen LogP contribution is 2.29. The van der Waals surface area contributed by atoms with Crippen LogP contribution in [-0.2, 0) is 4.74 Å². The van der Waals surface area contributed by atoms with Crippen LogP contribution in [-0.4, -0.2) is 37.4 Å². The third kappa shape index (κ3) is 4.13. The normalized spacial score (nSPS) is 14.7. The fourth-order valence-electron chi connectivity index (χ4n) is 2.71. The average molecular weight is 340 g/mol. The van der Waals surface area contributed by atoms with Gasteiger partial charge in [-0.1, -0.05) is 24.3 Å². The van der Waals surface area contributed by atoms with E-state index in [1.54, 1.807) is 18.3 Å². The largest absolute Gasteiger partial charge is 0.378 e. The number of ether oxygens (including phenoxy) is 1. The number of anilines is 2. The predicted octanol–water partition coefficient (Wildman–Crippen LogP) is 3.19. The molecule has 1 fully saturated rings. The van der Waals surface area contributed by atoms with E-state index in [4.69, 9.17) is 4.74 Å². The van der Waals surface area contributed by atoms with Gasteiger partial charge in [0.25, 0.3) is 5.69 Å². The Morgan fingerprint density at radius 2 is 2.00 bits per heavy atom. The highest BCUT2D eigenvalue weighted by Gasteiger charge is 2.21. The van der Waals surface area contributed by atoms with E-state index in [1.165, 1.54) is 0 Å². The summed E-state index contributed by atoms with van der Waals surface area (Å²) in [5, 5.41) is 15.6. The molecule has 0 unspecified atom stereocenters. The van der Waals surface area contributed by atoms with Gasteiger partial charge in [0, 0.05) is 24.7 Å². The van der Waals surface area contributed by atoms with Crippen molar-refractivity contribution in [2.24, 2.45) is 5.10 Å². The van der Waals surface area contributed by atoms with Gasteiger partial charge in [-0.05, 0) is 24.6 Å². The molecule has 2 aromatic rings. The molecular formula is C18H20N4O3. The minimum Gasteiger partial charge on any atom is -0.378 e. The van der Waals surface area contributed by atoms with E-state index < -0.39 is 0 Å². The standard InChI is InChI=1S/C18H20N4O3/c1-14-4-2-3-5-16(14)20-19-13-15-6-7-17(18(12-15)22(23)24)21-8-10-25-11-9-21/h2-7,12-13,20H,8-11H2,1H3/b19-13-. The highest BCUT2D eigenvalue weighted by molar-refractivity contribution is 5.83. The third-order valence-corrected chi connectivity index (χ3v) is 4.09. The lowest BCUT2D eigenvalue weighted by atomic mass is 10.1. The summed E-state index contributed by atoms with van der Waals surface area (Å²) in [7, 11) is 0. The van der Waals surface area contributed by atoms with Crippen LogP contribution in [0.4, 0.5) is 17.1 Å². The summed E-state index contributed by atoms with van der Waals surface area (Å²) in [6.07, 6.45) is 1.59. The first-order valence-electron chi connectivity index (χ1n) is 8.11. The summed E-state index contributed by atoms with van der Waals surface area (Å²) < 4.78 is 5.31. The van der Waals surface area contributed by atoms with Crippen molar-refractivity contribution in [3.63, 3.8) is 0 Å². The summed E-state index contributed by atoms with van der Waals surface area (Å²) in [6, 6.07) is 13.0. The molecule has 7 nitrogen and oxygen atoms in total. The van der Waals surface area contributed by atoms with Crippen LogP contribution >= 0.6 is 0 Å². The number of hydrogen-bond donors (Lipinski definition) is 1. The highest BCUT2D eigenvalue weighted by atomic mass is 16.6. The van der Waals surface area contributed by atoms with Gasteiger partial charge in [-0.25, -0.2) is 0 Å². The van der Waals surface area contributed by atoms with E-state index in [-0.39, 0.29) is 10.6 Å². The molecule has 130 valence electrons. The van der Waals surface area contributed by atoms with Crippen LogP contribution in [0.5, 0.6) is 0 Å². The Morgan fingerprint density at radius 1 is 1.24 bits per heavy atom. The van der Waals surface area contributed by atoms with Crippen molar-refractivity contribution in [1.82, 2.24) is 0 Å². The molecule has 0 saturated carbocycles. The minimum atomic E-state index is -0.350. The molecule has 2 aromatic carbocycles. The first-order chi connectivity index (χ1) is 12.1. The molecule has 25 heavy (non-hydrogen) atoms. The maximum Gasteiger partial charge on any atom is 0.293 e. The molecular weight excluding hydrogens is 320 g/mol. The quantitative estimate of drug-likeness (QED) is 0.514. The Hall–Kier alpha value is -2.93. The number of para-hydroxylation sites is 1. The van der Waals surface area contributed by atoms with Crippen molar-refractivity contribution in [2.75, 3.05) is 36.6 Å². The van der Waals surface area contributed by atoms with Gasteiger partial charge in [0.05, 0.1) is 30.0 Å². The molecule has 0 radical (unpaired) electrons. The monoisotopic (exact) mass is 340 g/mol. The second-order valence-electron chi connectivity index (χ2n) is 5.79. The Kier molecular flexibility index (Phi) is 5.25. The van der Waals surface area contributed by atoms with Crippen molar-refractivity contribution in [2.45, 2.75) is 6.92 Å². The smallest absolute Gasteiger partial charge is 0.293 e. The number of nitrogens with zero attached hydrogens (tertiary/aromatic N) is 3. The number of rotatable bonds is 5. The Balaban J connectivity index is 1.78. The molecule has 3 rings (SSSR count). The molecule has 7 heteroatoms. The summed E-state index contributed by atoms with van der Waals surface area (Å²) in [5.41, 5.74) is 6.32. The number of hydrazone groups is 1.